The number of hydrogen-bond acceptors (Lipinski definition) is 2. The molecule has 9 heavy (non-hydrogen) atoms. The zero-order chi connectivity index (χ0) is 6.69. The van der Waals surface area contributed by atoms with Gasteiger partial charge in [-0.2, -0.15) is 0 Å². The molecule has 52 valence electrons. The molecule has 1 fully saturated rings. The van der Waals surface area contributed by atoms with Crippen LogP contribution >= 0.6 is 12.2 Å². The monoisotopic (exact) mass is 144 g/mol. The maximum absolute atomic E-state index is 5.19. The second-order valence-electron chi connectivity index (χ2n) is 2.50. The van der Waals surface area contributed by atoms with Gasteiger partial charge in [0.25, 0.3) is 0 Å². The molecule has 0 N–H and O–H groups in total. The topological polar surface area (TPSA) is 9.23 Å². The fraction of sp³-hybridized carbons (Fsp3) is 0.857. The summed E-state index contributed by atoms with van der Waals surface area (Å²) in [5.74, 6) is 0.661. The first kappa shape index (κ1) is 7.16. The quantitative estimate of drug-likeness (QED) is 0.519. The van der Waals surface area contributed by atoms with Crippen LogP contribution in [0.2, 0.25) is 0 Å². The number of hydrogen-bond donors (Lipinski definition) is 0. The first-order valence-electron chi connectivity index (χ1n) is 3.39. The van der Waals surface area contributed by atoms with E-state index < -0.39 is 0 Å². The zero-order valence-electron chi connectivity index (χ0n) is 5.72. The second kappa shape index (κ2) is 3.28. The lowest BCUT2D eigenvalue weighted by molar-refractivity contribution is 0.0832. The molecule has 0 bridgehead atoms. The maximum atomic E-state index is 5.19. The molecule has 0 aliphatic carbocycles. The van der Waals surface area contributed by atoms with Crippen LogP contribution in [0, 0.1) is 5.92 Å². The minimum Gasteiger partial charge on any atom is -0.381 e. The highest BCUT2D eigenvalue weighted by Gasteiger charge is 2.14. The Kier molecular flexibility index (Phi) is 2.61. The Bertz CT molecular complexity index is 105. The number of rotatable bonds is 1. The molecule has 0 aromatic heterocycles. The van der Waals surface area contributed by atoms with Crippen LogP contribution in [0.25, 0.3) is 0 Å². The molecule has 0 aromatic rings. The summed E-state index contributed by atoms with van der Waals surface area (Å²) in [4.78, 5) is 1.15. The Hall–Kier alpha value is 0.0500. The molecule has 0 unspecified atom stereocenters. The molecule has 0 atom stereocenters. The Balaban J connectivity index is 2.31. The van der Waals surface area contributed by atoms with Crippen molar-refractivity contribution >= 4 is 17.1 Å². The summed E-state index contributed by atoms with van der Waals surface area (Å²) in [6, 6.07) is 0. The molecule has 0 aromatic carbocycles. The predicted molar refractivity (Wildman–Crippen MR) is 41.8 cm³/mol. The lowest BCUT2D eigenvalue weighted by Gasteiger charge is -2.20. The van der Waals surface area contributed by atoms with Gasteiger partial charge in [0, 0.05) is 13.2 Å². The number of thiocarbonyl (C=S) groups is 1. The van der Waals surface area contributed by atoms with Crippen molar-refractivity contribution in [3.05, 3.63) is 0 Å². The standard InChI is InChI=1S/C7H12OS/c1-6(9)7-2-4-8-5-3-7/h7H,2-5H2,1H3. The van der Waals surface area contributed by atoms with Gasteiger partial charge in [-0.05, 0) is 30.5 Å². The fourth-order valence-electron chi connectivity index (χ4n) is 1.10. The Morgan fingerprint density at radius 2 is 2.00 bits per heavy atom. The van der Waals surface area contributed by atoms with Crippen molar-refractivity contribution in [1.29, 1.82) is 0 Å². The van der Waals surface area contributed by atoms with Gasteiger partial charge in [0.05, 0.1) is 0 Å². The minimum atomic E-state index is 0.661. The lowest BCUT2D eigenvalue weighted by atomic mass is 9.98. The summed E-state index contributed by atoms with van der Waals surface area (Å²) >= 11 is 5.06. The van der Waals surface area contributed by atoms with Crippen molar-refractivity contribution in [3.8, 4) is 0 Å². The lowest BCUT2D eigenvalue weighted by Crippen LogP contribution is -2.20. The highest BCUT2D eigenvalue weighted by molar-refractivity contribution is 7.80. The van der Waals surface area contributed by atoms with Gasteiger partial charge >= 0.3 is 0 Å². The normalized spacial score (nSPS) is 21.9. The highest BCUT2D eigenvalue weighted by atomic mass is 32.1. The van der Waals surface area contributed by atoms with Crippen LogP contribution < -0.4 is 0 Å². The Morgan fingerprint density at radius 1 is 1.44 bits per heavy atom. The van der Waals surface area contributed by atoms with Gasteiger partial charge < -0.3 is 4.74 Å². The van der Waals surface area contributed by atoms with Gasteiger partial charge in [0.1, 0.15) is 0 Å². The molecule has 1 nitrogen and oxygen atoms in total. The summed E-state index contributed by atoms with van der Waals surface area (Å²) in [7, 11) is 0. The molecule has 1 aliphatic rings. The minimum absolute atomic E-state index is 0.661. The third kappa shape index (κ3) is 2.03. The van der Waals surface area contributed by atoms with Crippen LogP contribution in [0.3, 0.4) is 0 Å². The van der Waals surface area contributed by atoms with Crippen molar-refractivity contribution < 1.29 is 4.74 Å². The number of ether oxygens (including phenoxy) is 1. The van der Waals surface area contributed by atoms with Crippen molar-refractivity contribution in [1.82, 2.24) is 0 Å². The molecule has 0 radical (unpaired) electrons. The smallest absolute Gasteiger partial charge is 0.0472 e. The van der Waals surface area contributed by atoms with Gasteiger partial charge in [0.2, 0.25) is 0 Å². The van der Waals surface area contributed by atoms with Crippen LogP contribution in [-0.2, 0) is 4.74 Å². The molecule has 2 heteroatoms. The van der Waals surface area contributed by atoms with E-state index in [2.05, 4.69) is 0 Å². The van der Waals surface area contributed by atoms with E-state index in [1.807, 2.05) is 6.92 Å². The van der Waals surface area contributed by atoms with Gasteiger partial charge in [-0.25, -0.2) is 0 Å². The van der Waals surface area contributed by atoms with Crippen molar-refractivity contribution in [2.24, 2.45) is 5.92 Å². The Morgan fingerprint density at radius 3 is 2.33 bits per heavy atom. The van der Waals surface area contributed by atoms with E-state index in [1.165, 1.54) is 0 Å². The van der Waals surface area contributed by atoms with Gasteiger partial charge in [-0.1, -0.05) is 12.2 Å². The van der Waals surface area contributed by atoms with Crippen LogP contribution in [0.5, 0.6) is 0 Å². The molecule has 1 heterocycles. The Labute approximate surface area is 61.4 Å². The molecule has 1 rings (SSSR count). The van der Waals surface area contributed by atoms with Crippen molar-refractivity contribution in [2.45, 2.75) is 19.8 Å². The first-order chi connectivity index (χ1) is 4.30. The summed E-state index contributed by atoms with van der Waals surface area (Å²) < 4.78 is 5.19. The highest BCUT2D eigenvalue weighted by Crippen LogP contribution is 2.15. The zero-order valence-corrected chi connectivity index (χ0v) is 6.54. The van der Waals surface area contributed by atoms with Crippen LogP contribution in [0.15, 0.2) is 0 Å². The second-order valence-corrected chi connectivity index (χ2v) is 3.14. The molecular formula is C7H12OS. The van der Waals surface area contributed by atoms with Gasteiger partial charge in [0.15, 0.2) is 0 Å². The van der Waals surface area contributed by atoms with Gasteiger partial charge in [-0.3, -0.25) is 0 Å². The van der Waals surface area contributed by atoms with Crippen LogP contribution in [0.1, 0.15) is 19.8 Å². The van der Waals surface area contributed by atoms with Crippen LogP contribution in [0.4, 0.5) is 0 Å². The summed E-state index contributed by atoms with van der Waals surface area (Å²) in [5.41, 5.74) is 0. The third-order valence-corrected chi connectivity index (χ3v) is 2.13. The maximum Gasteiger partial charge on any atom is 0.0472 e. The summed E-state index contributed by atoms with van der Waals surface area (Å²) in [5, 5.41) is 0. The molecule has 0 spiro atoms. The van der Waals surface area contributed by atoms with E-state index in [0.29, 0.717) is 5.92 Å². The average molecular weight is 144 g/mol. The van der Waals surface area contributed by atoms with E-state index in [9.17, 15) is 0 Å². The largest absolute Gasteiger partial charge is 0.381 e. The molecule has 0 amide bonds. The van der Waals surface area contributed by atoms with E-state index in [1.54, 1.807) is 0 Å². The molecule has 1 saturated heterocycles. The van der Waals surface area contributed by atoms with Gasteiger partial charge in [-0.15, -0.1) is 0 Å². The average Bonchev–Trinajstić information content (AvgIpc) is 1.90. The molecular weight excluding hydrogens is 132 g/mol. The summed E-state index contributed by atoms with van der Waals surface area (Å²) in [6.45, 7) is 3.84. The van der Waals surface area contributed by atoms with E-state index in [0.717, 1.165) is 30.9 Å². The molecule has 1 aliphatic heterocycles. The SMILES string of the molecule is CC(=S)C1CCOCC1. The van der Waals surface area contributed by atoms with Crippen molar-refractivity contribution in [3.63, 3.8) is 0 Å². The van der Waals surface area contributed by atoms with Crippen LogP contribution in [-0.4, -0.2) is 18.1 Å². The third-order valence-electron chi connectivity index (χ3n) is 1.80. The first-order valence-corrected chi connectivity index (χ1v) is 3.79. The van der Waals surface area contributed by atoms with E-state index >= 15 is 0 Å². The van der Waals surface area contributed by atoms with E-state index in [-0.39, 0.29) is 0 Å². The van der Waals surface area contributed by atoms with Crippen molar-refractivity contribution in [2.75, 3.05) is 13.2 Å². The fourth-order valence-corrected chi connectivity index (χ4v) is 1.34. The summed E-state index contributed by atoms with van der Waals surface area (Å²) in [6.07, 6.45) is 2.27. The molecule has 0 saturated carbocycles. The van der Waals surface area contributed by atoms with E-state index in [4.69, 9.17) is 17.0 Å². The predicted octanol–water partition coefficient (Wildman–Crippen LogP) is 1.80.